The van der Waals surface area contributed by atoms with Gasteiger partial charge in [-0.05, 0) is 40.0 Å². The zero-order valence-corrected chi connectivity index (χ0v) is 17.7. The standard InChI is InChI=1S/C19H32N2O7/c1-9-14(22)27-12(4)15(17(24)26-8)21-16(23)13(10-11(2)3)20-18(25)28-19(5,6)7/h9,11-13,15H,1,10H2,2-8H3,(H,20,25)(H,21,23)/t12-,13+,15+/m1/s1. The van der Waals surface area contributed by atoms with Crippen LogP contribution < -0.4 is 10.6 Å². The fourth-order valence-corrected chi connectivity index (χ4v) is 2.20. The Kier molecular flexibility index (Phi) is 10.3. The van der Waals surface area contributed by atoms with Gasteiger partial charge in [0.15, 0.2) is 6.04 Å². The minimum absolute atomic E-state index is 0.0679. The highest BCUT2D eigenvalue weighted by Crippen LogP contribution is 2.11. The van der Waals surface area contributed by atoms with Crippen LogP contribution in [0.25, 0.3) is 0 Å². The smallest absolute Gasteiger partial charge is 0.408 e. The average Bonchev–Trinajstić information content (AvgIpc) is 2.55. The van der Waals surface area contributed by atoms with Crippen LogP contribution in [0.15, 0.2) is 12.7 Å². The lowest BCUT2D eigenvalue weighted by Gasteiger charge is -2.27. The quantitative estimate of drug-likeness (QED) is 0.343. The fourth-order valence-electron chi connectivity index (χ4n) is 2.20. The van der Waals surface area contributed by atoms with Gasteiger partial charge in [-0.2, -0.15) is 0 Å². The van der Waals surface area contributed by atoms with E-state index >= 15 is 0 Å². The molecule has 0 radical (unpaired) electrons. The van der Waals surface area contributed by atoms with Crippen LogP contribution in [0.3, 0.4) is 0 Å². The van der Waals surface area contributed by atoms with Crippen LogP contribution >= 0.6 is 0 Å². The molecule has 0 aromatic heterocycles. The van der Waals surface area contributed by atoms with Gasteiger partial charge in [0.1, 0.15) is 17.7 Å². The van der Waals surface area contributed by atoms with Crippen molar-refractivity contribution in [1.29, 1.82) is 0 Å². The van der Waals surface area contributed by atoms with E-state index in [1.54, 1.807) is 20.8 Å². The molecule has 9 nitrogen and oxygen atoms in total. The summed E-state index contributed by atoms with van der Waals surface area (Å²) in [6, 6.07) is -2.21. The molecule has 3 atom stereocenters. The summed E-state index contributed by atoms with van der Waals surface area (Å²) in [7, 11) is 1.15. The predicted molar refractivity (Wildman–Crippen MR) is 102 cm³/mol. The van der Waals surface area contributed by atoms with Crippen LogP contribution in [-0.2, 0) is 28.6 Å². The van der Waals surface area contributed by atoms with Crippen molar-refractivity contribution >= 4 is 23.9 Å². The second kappa shape index (κ2) is 11.3. The zero-order valence-electron chi connectivity index (χ0n) is 17.7. The Bertz CT molecular complexity index is 581. The van der Waals surface area contributed by atoms with Crippen molar-refractivity contribution in [2.45, 2.75) is 71.8 Å². The van der Waals surface area contributed by atoms with Crippen LogP contribution in [0.2, 0.25) is 0 Å². The third kappa shape index (κ3) is 9.94. The molecule has 0 spiro atoms. The minimum Gasteiger partial charge on any atom is -0.467 e. The van der Waals surface area contributed by atoms with Gasteiger partial charge in [-0.1, -0.05) is 20.4 Å². The van der Waals surface area contributed by atoms with Gasteiger partial charge in [0.25, 0.3) is 0 Å². The second-order valence-electron chi connectivity index (χ2n) is 7.68. The van der Waals surface area contributed by atoms with Crippen LogP contribution in [0.5, 0.6) is 0 Å². The molecule has 0 unspecified atom stereocenters. The lowest BCUT2D eigenvalue weighted by molar-refractivity contribution is -0.154. The van der Waals surface area contributed by atoms with Crippen molar-refractivity contribution in [2.75, 3.05) is 7.11 Å². The van der Waals surface area contributed by atoms with Gasteiger partial charge in [-0.25, -0.2) is 14.4 Å². The number of hydrogen-bond acceptors (Lipinski definition) is 7. The Hall–Kier alpha value is -2.58. The Balaban J connectivity index is 5.34. The van der Waals surface area contributed by atoms with Crippen molar-refractivity contribution in [3.8, 4) is 0 Å². The summed E-state index contributed by atoms with van der Waals surface area (Å²) < 4.78 is 14.9. The maximum absolute atomic E-state index is 12.7. The van der Waals surface area contributed by atoms with Gasteiger partial charge in [0.05, 0.1) is 7.11 Å². The monoisotopic (exact) mass is 400 g/mol. The molecule has 0 heterocycles. The lowest BCUT2D eigenvalue weighted by Crippen LogP contribution is -2.56. The van der Waals surface area contributed by atoms with Crippen molar-refractivity contribution in [3.05, 3.63) is 12.7 Å². The number of methoxy groups -OCH3 is 1. The van der Waals surface area contributed by atoms with Crippen molar-refractivity contribution in [3.63, 3.8) is 0 Å². The molecular weight excluding hydrogens is 368 g/mol. The third-order valence-electron chi connectivity index (χ3n) is 3.41. The van der Waals surface area contributed by atoms with Gasteiger partial charge in [-0.3, -0.25) is 4.79 Å². The Morgan fingerprint density at radius 2 is 1.64 bits per heavy atom. The molecule has 0 bridgehead atoms. The molecule has 0 aliphatic carbocycles. The molecule has 0 aliphatic heterocycles. The highest BCUT2D eigenvalue weighted by atomic mass is 16.6. The Morgan fingerprint density at radius 1 is 1.07 bits per heavy atom. The van der Waals surface area contributed by atoms with Gasteiger partial charge >= 0.3 is 18.0 Å². The minimum atomic E-state index is -1.25. The summed E-state index contributed by atoms with van der Waals surface area (Å²) >= 11 is 0. The van der Waals surface area contributed by atoms with Crippen molar-refractivity contribution < 1.29 is 33.4 Å². The van der Waals surface area contributed by atoms with E-state index in [1.165, 1.54) is 6.92 Å². The molecule has 28 heavy (non-hydrogen) atoms. The molecule has 9 heteroatoms. The average molecular weight is 400 g/mol. The number of rotatable bonds is 9. The summed E-state index contributed by atoms with van der Waals surface area (Å²) in [5, 5.41) is 4.98. The summed E-state index contributed by atoms with van der Waals surface area (Å²) in [5.41, 5.74) is -0.731. The van der Waals surface area contributed by atoms with Crippen LogP contribution in [-0.4, -0.2) is 54.8 Å². The number of alkyl carbamates (subject to hydrolysis) is 1. The lowest BCUT2D eigenvalue weighted by atomic mass is 10.0. The van der Waals surface area contributed by atoms with E-state index in [9.17, 15) is 19.2 Å². The number of carbonyl (C=O) groups excluding carboxylic acids is 4. The SMILES string of the molecule is C=CC(=O)O[C@H](C)[C@H](NC(=O)[C@H](CC(C)C)NC(=O)OC(C)(C)C)C(=O)OC. The second-order valence-corrected chi connectivity index (χ2v) is 7.68. The number of hydrogen-bond donors (Lipinski definition) is 2. The largest absolute Gasteiger partial charge is 0.467 e. The van der Waals surface area contributed by atoms with E-state index in [4.69, 9.17) is 9.47 Å². The normalized spacial score (nSPS) is 14.3. The Labute approximate surface area is 166 Å². The first kappa shape index (κ1) is 25.4. The van der Waals surface area contributed by atoms with Gasteiger partial charge < -0.3 is 24.8 Å². The first-order valence-corrected chi connectivity index (χ1v) is 9.01. The molecular formula is C19H32N2O7. The number of carbonyl (C=O) groups is 4. The number of amides is 2. The van der Waals surface area contributed by atoms with Crippen LogP contribution in [0.1, 0.15) is 48.0 Å². The molecule has 0 saturated heterocycles. The fraction of sp³-hybridized carbons (Fsp3) is 0.684. The van der Waals surface area contributed by atoms with E-state index in [1.807, 2.05) is 13.8 Å². The van der Waals surface area contributed by atoms with E-state index in [0.29, 0.717) is 6.42 Å². The third-order valence-corrected chi connectivity index (χ3v) is 3.41. The van der Waals surface area contributed by atoms with E-state index in [-0.39, 0.29) is 5.92 Å². The van der Waals surface area contributed by atoms with Gasteiger partial charge in [0, 0.05) is 6.08 Å². The molecule has 160 valence electrons. The highest BCUT2D eigenvalue weighted by molar-refractivity contribution is 5.90. The molecule has 0 fully saturated rings. The molecule has 2 amide bonds. The molecule has 0 aromatic rings. The summed E-state index contributed by atoms with van der Waals surface area (Å²) in [6.07, 6.45) is -0.518. The molecule has 0 aromatic carbocycles. The van der Waals surface area contributed by atoms with Gasteiger partial charge in [-0.15, -0.1) is 0 Å². The molecule has 0 rings (SSSR count). The molecule has 2 N–H and O–H groups in total. The molecule has 0 aliphatic rings. The summed E-state index contributed by atoms with van der Waals surface area (Å²) in [4.78, 5) is 48.2. The molecule has 0 saturated carbocycles. The van der Waals surface area contributed by atoms with Crippen molar-refractivity contribution in [2.24, 2.45) is 5.92 Å². The van der Waals surface area contributed by atoms with Crippen molar-refractivity contribution in [1.82, 2.24) is 10.6 Å². The van der Waals surface area contributed by atoms with E-state index in [2.05, 4.69) is 21.9 Å². The topological polar surface area (TPSA) is 120 Å². The predicted octanol–water partition coefficient (Wildman–Crippen LogP) is 1.70. The maximum atomic E-state index is 12.7. The first-order valence-electron chi connectivity index (χ1n) is 9.01. The van der Waals surface area contributed by atoms with E-state index < -0.39 is 47.7 Å². The van der Waals surface area contributed by atoms with E-state index in [0.717, 1.165) is 13.2 Å². The maximum Gasteiger partial charge on any atom is 0.408 e. The number of ether oxygens (including phenoxy) is 3. The Morgan fingerprint density at radius 3 is 2.07 bits per heavy atom. The first-order chi connectivity index (χ1) is 12.8. The zero-order chi connectivity index (χ0) is 22.1. The van der Waals surface area contributed by atoms with Crippen LogP contribution in [0.4, 0.5) is 4.79 Å². The summed E-state index contributed by atoms with van der Waals surface area (Å²) in [6.45, 7) is 13.6. The highest BCUT2D eigenvalue weighted by Gasteiger charge is 2.33. The van der Waals surface area contributed by atoms with Gasteiger partial charge in [0.2, 0.25) is 5.91 Å². The number of esters is 2. The summed E-state index contributed by atoms with van der Waals surface area (Å²) in [5.74, 6) is -2.10. The van der Waals surface area contributed by atoms with Crippen LogP contribution in [0, 0.1) is 5.92 Å². The number of nitrogens with one attached hydrogen (secondary N) is 2.